The first-order chi connectivity index (χ1) is 10.2. The summed E-state index contributed by atoms with van der Waals surface area (Å²) in [5.41, 5.74) is 2.27. The molecule has 0 aliphatic carbocycles. The Hall–Kier alpha value is -1.22. The van der Waals surface area contributed by atoms with Crippen molar-refractivity contribution >= 4 is 12.1 Å². The summed E-state index contributed by atoms with van der Waals surface area (Å²) in [5, 5.41) is 1.95. The van der Waals surface area contributed by atoms with Gasteiger partial charge in [-0.15, -0.1) is 5.01 Å². The van der Waals surface area contributed by atoms with Gasteiger partial charge in [-0.1, -0.05) is 0 Å². The maximum Gasteiger partial charge on any atom is 0.560 e. The van der Waals surface area contributed by atoms with Crippen LogP contribution in [0.5, 0.6) is 0 Å². The summed E-state index contributed by atoms with van der Waals surface area (Å²) in [7, 11) is 0. The number of carbonyl (C=O) groups is 2. The molecule has 2 rings (SSSR count). The SMILES string of the molecule is CCOC(=O)[N+]1(N2CCN(C(C)C)CC2(C)C)CC(=O)ON1. The van der Waals surface area contributed by atoms with Crippen LogP contribution in [-0.2, 0) is 14.4 Å². The predicted molar refractivity (Wildman–Crippen MR) is 78.9 cm³/mol. The molecule has 2 heterocycles. The summed E-state index contributed by atoms with van der Waals surface area (Å²) in [6.45, 7) is 12.6. The van der Waals surface area contributed by atoms with E-state index in [1.54, 1.807) is 6.92 Å². The maximum atomic E-state index is 12.5. The smallest absolute Gasteiger partial charge is 0.417 e. The summed E-state index contributed by atoms with van der Waals surface area (Å²) in [6, 6.07) is 0.432. The summed E-state index contributed by atoms with van der Waals surface area (Å²) >= 11 is 0. The van der Waals surface area contributed by atoms with Gasteiger partial charge in [0.15, 0.2) is 0 Å². The molecule has 1 atom stereocenters. The van der Waals surface area contributed by atoms with E-state index in [0.29, 0.717) is 12.6 Å². The number of hydrogen-bond acceptors (Lipinski definition) is 7. The molecule has 0 aromatic heterocycles. The van der Waals surface area contributed by atoms with Crippen LogP contribution in [0, 0.1) is 0 Å². The minimum absolute atomic E-state index is 0.0933. The molecular formula is C14H27N4O4+. The number of ether oxygens (including phenoxy) is 1. The lowest BCUT2D eigenvalue weighted by Crippen LogP contribution is -2.77. The lowest BCUT2D eigenvalue weighted by molar-refractivity contribution is -1.02. The number of amides is 1. The molecule has 22 heavy (non-hydrogen) atoms. The van der Waals surface area contributed by atoms with Gasteiger partial charge in [-0.25, -0.2) is 4.79 Å². The zero-order valence-electron chi connectivity index (χ0n) is 14.1. The molecule has 0 bridgehead atoms. The fourth-order valence-corrected chi connectivity index (χ4v) is 3.20. The highest BCUT2D eigenvalue weighted by atomic mass is 16.8. The number of piperazine rings is 1. The van der Waals surface area contributed by atoms with Crippen LogP contribution in [0.4, 0.5) is 4.79 Å². The van der Waals surface area contributed by atoms with Crippen LogP contribution < -0.4 is 5.59 Å². The van der Waals surface area contributed by atoms with Crippen molar-refractivity contribution in [2.24, 2.45) is 0 Å². The zero-order chi connectivity index (χ0) is 16.5. The van der Waals surface area contributed by atoms with Gasteiger partial charge in [0, 0.05) is 24.7 Å². The molecule has 0 radical (unpaired) electrons. The third-order valence-electron chi connectivity index (χ3n) is 4.27. The van der Waals surface area contributed by atoms with E-state index in [2.05, 4.69) is 38.2 Å². The Kier molecular flexibility index (Phi) is 4.76. The van der Waals surface area contributed by atoms with Crippen LogP contribution in [0.1, 0.15) is 34.6 Å². The third-order valence-corrected chi connectivity index (χ3v) is 4.27. The normalized spacial score (nSPS) is 29.6. The van der Waals surface area contributed by atoms with Crippen LogP contribution >= 0.6 is 0 Å². The van der Waals surface area contributed by atoms with E-state index in [1.165, 1.54) is 0 Å². The average Bonchev–Trinajstić information content (AvgIpc) is 2.81. The van der Waals surface area contributed by atoms with Gasteiger partial charge in [-0.3, -0.25) is 4.90 Å². The van der Waals surface area contributed by atoms with Gasteiger partial charge in [0.1, 0.15) is 0 Å². The van der Waals surface area contributed by atoms with E-state index < -0.39 is 16.8 Å². The molecule has 0 aromatic carbocycles. The second kappa shape index (κ2) is 6.11. The Bertz CT molecular complexity index is 454. The molecule has 0 spiro atoms. The van der Waals surface area contributed by atoms with E-state index in [4.69, 9.17) is 9.57 Å². The number of nitrogens with zero attached hydrogens (tertiary/aromatic N) is 3. The fourth-order valence-electron chi connectivity index (χ4n) is 3.20. The Morgan fingerprint density at radius 3 is 2.59 bits per heavy atom. The van der Waals surface area contributed by atoms with Crippen LogP contribution in [-0.4, -0.2) is 71.0 Å². The molecule has 1 N–H and O–H groups in total. The summed E-state index contributed by atoms with van der Waals surface area (Å²) in [4.78, 5) is 31.4. The molecule has 2 aliphatic heterocycles. The Labute approximate surface area is 131 Å². The van der Waals surface area contributed by atoms with Crippen molar-refractivity contribution in [3.63, 3.8) is 0 Å². The van der Waals surface area contributed by atoms with Crippen LogP contribution in [0.3, 0.4) is 0 Å². The van der Waals surface area contributed by atoms with Gasteiger partial charge in [0.25, 0.3) is 0 Å². The minimum Gasteiger partial charge on any atom is -0.417 e. The summed E-state index contributed by atoms with van der Waals surface area (Å²) < 4.78 is 4.76. The monoisotopic (exact) mass is 315 g/mol. The average molecular weight is 315 g/mol. The highest BCUT2D eigenvalue weighted by Gasteiger charge is 2.59. The van der Waals surface area contributed by atoms with Gasteiger partial charge in [0.05, 0.1) is 18.7 Å². The van der Waals surface area contributed by atoms with E-state index in [-0.39, 0.29) is 18.7 Å². The van der Waals surface area contributed by atoms with E-state index in [0.717, 1.165) is 13.1 Å². The summed E-state index contributed by atoms with van der Waals surface area (Å²) in [6.07, 6.45) is -0.514. The standard InChI is InChI=1S/C14H27N4O4/c1-6-21-13(20)18(9-12(19)22-15-18)17-8-7-16(11(2)3)10-14(17,4)5/h11,15H,6-10H2,1-5H3/q+1. The molecule has 2 fully saturated rings. The number of carbonyl (C=O) groups excluding carboxylic acids is 2. The number of rotatable bonds is 3. The quantitative estimate of drug-likeness (QED) is 0.767. The largest absolute Gasteiger partial charge is 0.560 e. The van der Waals surface area contributed by atoms with Crippen molar-refractivity contribution in [2.45, 2.75) is 46.2 Å². The first kappa shape index (κ1) is 17.1. The van der Waals surface area contributed by atoms with Gasteiger partial charge < -0.3 is 9.57 Å². The lowest BCUT2D eigenvalue weighted by Gasteiger charge is -2.50. The molecule has 8 heteroatoms. The van der Waals surface area contributed by atoms with Crippen molar-refractivity contribution in [1.29, 1.82) is 0 Å². The van der Waals surface area contributed by atoms with E-state index in [1.807, 2.05) is 5.01 Å². The first-order valence-electron chi connectivity index (χ1n) is 7.77. The van der Waals surface area contributed by atoms with Crippen LogP contribution in [0.15, 0.2) is 0 Å². The molecule has 1 unspecified atom stereocenters. The maximum absolute atomic E-state index is 12.5. The Morgan fingerprint density at radius 1 is 1.45 bits per heavy atom. The lowest BCUT2D eigenvalue weighted by atomic mass is 9.99. The predicted octanol–water partition coefficient (Wildman–Crippen LogP) is 0.656. The van der Waals surface area contributed by atoms with Crippen LogP contribution in [0.25, 0.3) is 0 Å². The minimum atomic E-state index is -0.514. The zero-order valence-corrected chi connectivity index (χ0v) is 14.1. The molecule has 0 saturated carbocycles. The molecule has 2 saturated heterocycles. The summed E-state index contributed by atoms with van der Waals surface area (Å²) in [5.74, 6) is -0.463. The second-order valence-corrected chi connectivity index (χ2v) is 6.69. The highest BCUT2D eigenvalue weighted by molar-refractivity contribution is 5.74. The Balaban J connectivity index is 2.29. The second-order valence-electron chi connectivity index (χ2n) is 6.69. The molecule has 126 valence electrons. The van der Waals surface area contributed by atoms with Gasteiger partial charge >= 0.3 is 12.1 Å². The van der Waals surface area contributed by atoms with Gasteiger partial charge in [-0.05, 0) is 39.3 Å². The Morgan fingerprint density at radius 2 is 2.14 bits per heavy atom. The fraction of sp³-hybridized carbons (Fsp3) is 0.857. The molecule has 1 amide bonds. The van der Waals surface area contributed by atoms with Crippen molar-refractivity contribution < 1.29 is 23.9 Å². The van der Waals surface area contributed by atoms with Crippen molar-refractivity contribution in [3.05, 3.63) is 0 Å². The number of hydrogen-bond donors (Lipinski definition) is 1. The molecule has 0 aromatic rings. The van der Waals surface area contributed by atoms with Gasteiger partial charge in [0.2, 0.25) is 6.54 Å². The van der Waals surface area contributed by atoms with Crippen molar-refractivity contribution in [2.75, 3.05) is 32.8 Å². The van der Waals surface area contributed by atoms with Crippen LogP contribution in [0.2, 0.25) is 0 Å². The van der Waals surface area contributed by atoms with Crippen molar-refractivity contribution in [1.82, 2.24) is 15.5 Å². The third kappa shape index (κ3) is 2.96. The highest BCUT2D eigenvalue weighted by Crippen LogP contribution is 2.30. The molecule has 2 aliphatic rings. The topological polar surface area (TPSA) is 71.1 Å². The number of quaternary nitrogens is 1. The van der Waals surface area contributed by atoms with Crippen molar-refractivity contribution in [3.8, 4) is 0 Å². The number of nitrogens with one attached hydrogen (secondary N) is 1. The van der Waals surface area contributed by atoms with Gasteiger partial charge in [-0.2, -0.15) is 4.79 Å². The molecular weight excluding hydrogens is 288 g/mol. The van der Waals surface area contributed by atoms with E-state index >= 15 is 0 Å². The first-order valence-corrected chi connectivity index (χ1v) is 7.77. The molecule has 8 nitrogen and oxygen atoms in total. The van der Waals surface area contributed by atoms with E-state index in [9.17, 15) is 9.59 Å².